The van der Waals surface area contributed by atoms with Crippen LogP contribution in [0.1, 0.15) is 46.0 Å². The molecule has 0 heterocycles. The number of aliphatic carboxylic acids is 1. The second kappa shape index (κ2) is 5.82. The molecule has 2 N–H and O–H groups in total. The minimum absolute atomic E-state index is 0.141. The molecule has 1 atom stereocenters. The Morgan fingerprint density at radius 2 is 1.88 bits per heavy atom. The van der Waals surface area contributed by atoms with Gasteiger partial charge in [0.1, 0.15) is 6.04 Å². The molecule has 1 aliphatic rings. The third-order valence-electron chi connectivity index (χ3n) is 3.05. The molecule has 0 aliphatic heterocycles. The number of sulfonamides is 1. The van der Waals surface area contributed by atoms with Gasteiger partial charge in [-0.15, -0.1) is 0 Å². The predicted octanol–water partition coefficient (Wildman–Crippen LogP) is 1.35. The Kier molecular flexibility index (Phi) is 4.94. The summed E-state index contributed by atoms with van der Waals surface area (Å²) in [5, 5.41) is 8.60. The third kappa shape index (κ3) is 4.27. The first kappa shape index (κ1) is 14.4. The summed E-state index contributed by atoms with van der Waals surface area (Å²) >= 11 is 0. The average molecular weight is 263 g/mol. The minimum Gasteiger partial charge on any atom is -0.480 e. The molecule has 0 spiro atoms. The fourth-order valence-corrected chi connectivity index (χ4v) is 3.90. The highest BCUT2D eigenvalue weighted by molar-refractivity contribution is 7.90. The van der Waals surface area contributed by atoms with E-state index in [4.69, 9.17) is 5.11 Å². The second-order valence-electron chi connectivity index (χ2n) is 5.09. The molecule has 0 aromatic heterocycles. The molecule has 1 aliphatic carbocycles. The number of carboxylic acids is 1. The van der Waals surface area contributed by atoms with Gasteiger partial charge in [0.15, 0.2) is 0 Å². The molecule has 1 fully saturated rings. The van der Waals surface area contributed by atoms with Crippen LogP contribution in [0.3, 0.4) is 0 Å². The molecular weight excluding hydrogens is 242 g/mol. The molecule has 1 rings (SSSR count). The second-order valence-corrected chi connectivity index (χ2v) is 7.08. The number of nitrogens with one attached hydrogen (secondary N) is 1. The molecule has 1 saturated carbocycles. The zero-order valence-electron chi connectivity index (χ0n) is 10.3. The fourth-order valence-electron chi connectivity index (χ4n) is 2.16. The molecule has 100 valence electrons. The summed E-state index contributed by atoms with van der Waals surface area (Å²) in [5.41, 5.74) is 0. The van der Waals surface area contributed by atoms with Crippen LogP contribution in [-0.4, -0.2) is 30.8 Å². The van der Waals surface area contributed by atoms with Gasteiger partial charge in [0.05, 0.1) is 5.25 Å². The van der Waals surface area contributed by atoms with Crippen molar-refractivity contribution in [2.45, 2.75) is 57.2 Å². The molecule has 6 heteroatoms. The average Bonchev–Trinajstić information content (AvgIpc) is 2.68. The Morgan fingerprint density at radius 1 is 1.35 bits per heavy atom. The Hall–Kier alpha value is -0.620. The Bertz CT molecular complexity index is 358. The van der Waals surface area contributed by atoms with Crippen LogP contribution in [0.2, 0.25) is 0 Å². The molecule has 0 bridgehead atoms. The Balaban J connectivity index is 2.68. The first-order valence-corrected chi connectivity index (χ1v) is 7.61. The number of carboxylic acid groups (broad SMARTS) is 1. The van der Waals surface area contributed by atoms with Crippen LogP contribution >= 0.6 is 0 Å². The molecule has 17 heavy (non-hydrogen) atoms. The van der Waals surface area contributed by atoms with Gasteiger partial charge in [-0.3, -0.25) is 4.79 Å². The summed E-state index contributed by atoms with van der Waals surface area (Å²) < 4.78 is 26.2. The van der Waals surface area contributed by atoms with E-state index in [1.807, 2.05) is 13.8 Å². The Morgan fingerprint density at radius 3 is 2.29 bits per heavy atom. The molecule has 0 radical (unpaired) electrons. The topological polar surface area (TPSA) is 83.5 Å². The van der Waals surface area contributed by atoms with E-state index in [1.165, 1.54) is 0 Å². The zero-order valence-corrected chi connectivity index (χ0v) is 11.2. The van der Waals surface area contributed by atoms with E-state index in [0.29, 0.717) is 19.3 Å². The summed E-state index contributed by atoms with van der Waals surface area (Å²) in [7, 11) is -3.48. The Labute approximate surface area is 103 Å². The van der Waals surface area contributed by atoms with Gasteiger partial charge < -0.3 is 5.11 Å². The van der Waals surface area contributed by atoms with Crippen molar-refractivity contribution in [1.82, 2.24) is 4.72 Å². The summed E-state index contributed by atoms with van der Waals surface area (Å²) in [6, 6.07) is -0.999. The van der Waals surface area contributed by atoms with Gasteiger partial charge in [-0.2, -0.15) is 0 Å². The van der Waals surface area contributed by atoms with Crippen molar-refractivity contribution in [3.05, 3.63) is 0 Å². The lowest BCUT2D eigenvalue weighted by Gasteiger charge is -2.19. The maximum atomic E-state index is 12.0. The van der Waals surface area contributed by atoms with Crippen LogP contribution in [0, 0.1) is 5.92 Å². The number of carbonyl (C=O) groups is 1. The zero-order chi connectivity index (χ0) is 13.1. The summed E-state index contributed by atoms with van der Waals surface area (Å²) in [6.07, 6.45) is 3.43. The van der Waals surface area contributed by atoms with E-state index in [0.717, 1.165) is 12.8 Å². The van der Waals surface area contributed by atoms with Crippen LogP contribution in [0.4, 0.5) is 0 Å². The SMILES string of the molecule is CC(C)CC(NS(=O)(=O)C1CCCC1)C(=O)O. The number of hydrogen-bond acceptors (Lipinski definition) is 3. The van der Waals surface area contributed by atoms with Gasteiger partial charge in [-0.1, -0.05) is 26.7 Å². The van der Waals surface area contributed by atoms with Gasteiger partial charge >= 0.3 is 5.97 Å². The van der Waals surface area contributed by atoms with Crippen molar-refractivity contribution in [1.29, 1.82) is 0 Å². The van der Waals surface area contributed by atoms with Crippen LogP contribution in [0.25, 0.3) is 0 Å². The predicted molar refractivity (Wildman–Crippen MR) is 65.2 cm³/mol. The highest BCUT2D eigenvalue weighted by Crippen LogP contribution is 2.24. The molecule has 5 nitrogen and oxygen atoms in total. The molecule has 1 unspecified atom stereocenters. The lowest BCUT2D eigenvalue weighted by Crippen LogP contribution is -2.45. The first-order valence-electron chi connectivity index (χ1n) is 6.07. The van der Waals surface area contributed by atoms with Crippen LogP contribution < -0.4 is 4.72 Å². The maximum Gasteiger partial charge on any atom is 0.321 e. The van der Waals surface area contributed by atoms with Gasteiger partial charge in [0.25, 0.3) is 0 Å². The number of hydrogen-bond donors (Lipinski definition) is 2. The van der Waals surface area contributed by atoms with Crippen LogP contribution in [-0.2, 0) is 14.8 Å². The van der Waals surface area contributed by atoms with Crippen molar-refractivity contribution in [3.63, 3.8) is 0 Å². The smallest absolute Gasteiger partial charge is 0.321 e. The van der Waals surface area contributed by atoms with Crippen molar-refractivity contribution in [2.75, 3.05) is 0 Å². The first-order chi connectivity index (χ1) is 7.83. The van der Waals surface area contributed by atoms with Crippen molar-refractivity contribution in [3.8, 4) is 0 Å². The highest BCUT2D eigenvalue weighted by atomic mass is 32.2. The quantitative estimate of drug-likeness (QED) is 0.757. The molecule has 0 amide bonds. The molecule has 0 saturated heterocycles. The van der Waals surface area contributed by atoms with Crippen molar-refractivity contribution in [2.24, 2.45) is 5.92 Å². The van der Waals surface area contributed by atoms with E-state index in [9.17, 15) is 13.2 Å². The normalized spacial score (nSPS) is 19.7. The fraction of sp³-hybridized carbons (Fsp3) is 0.909. The molecule has 0 aromatic carbocycles. The standard InChI is InChI=1S/C11H21NO4S/c1-8(2)7-10(11(13)14)12-17(15,16)9-5-3-4-6-9/h8-10,12H,3-7H2,1-2H3,(H,13,14). The largest absolute Gasteiger partial charge is 0.480 e. The van der Waals surface area contributed by atoms with Crippen LogP contribution in [0.15, 0.2) is 0 Å². The maximum absolute atomic E-state index is 12.0. The van der Waals surface area contributed by atoms with Crippen molar-refractivity contribution < 1.29 is 18.3 Å². The lowest BCUT2D eigenvalue weighted by atomic mass is 10.1. The lowest BCUT2D eigenvalue weighted by molar-refractivity contribution is -0.139. The van der Waals surface area contributed by atoms with E-state index in [1.54, 1.807) is 0 Å². The monoisotopic (exact) mass is 263 g/mol. The van der Waals surface area contributed by atoms with Gasteiger partial charge in [-0.05, 0) is 25.2 Å². The van der Waals surface area contributed by atoms with Gasteiger partial charge in [0.2, 0.25) is 10.0 Å². The van der Waals surface area contributed by atoms with Gasteiger partial charge in [0, 0.05) is 0 Å². The highest BCUT2D eigenvalue weighted by Gasteiger charge is 2.32. The minimum atomic E-state index is -3.48. The summed E-state index contributed by atoms with van der Waals surface area (Å²) in [6.45, 7) is 3.75. The molecular formula is C11H21NO4S. The summed E-state index contributed by atoms with van der Waals surface area (Å²) in [5.74, 6) is -0.956. The van der Waals surface area contributed by atoms with E-state index in [2.05, 4.69) is 4.72 Å². The van der Waals surface area contributed by atoms with Crippen LogP contribution in [0.5, 0.6) is 0 Å². The van der Waals surface area contributed by atoms with Crippen molar-refractivity contribution >= 4 is 16.0 Å². The van der Waals surface area contributed by atoms with E-state index in [-0.39, 0.29) is 5.92 Å². The molecule has 0 aromatic rings. The van der Waals surface area contributed by atoms with E-state index >= 15 is 0 Å². The van der Waals surface area contributed by atoms with E-state index < -0.39 is 27.3 Å². The number of rotatable bonds is 6. The third-order valence-corrected chi connectivity index (χ3v) is 5.01. The summed E-state index contributed by atoms with van der Waals surface area (Å²) in [4.78, 5) is 11.0. The van der Waals surface area contributed by atoms with Gasteiger partial charge in [-0.25, -0.2) is 13.1 Å².